The van der Waals surface area contributed by atoms with Crippen LogP contribution in [0.25, 0.3) is 0 Å². The first-order valence-electron chi connectivity index (χ1n) is 7.01. The monoisotopic (exact) mass is 322 g/mol. The summed E-state index contributed by atoms with van der Waals surface area (Å²) in [6.45, 7) is 4.44. The van der Waals surface area contributed by atoms with Gasteiger partial charge in [0.05, 0.1) is 0 Å². The maximum atomic E-state index is 12.7. The van der Waals surface area contributed by atoms with Gasteiger partial charge in [0.25, 0.3) is 0 Å². The Morgan fingerprint density at radius 3 is 2.33 bits per heavy atom. The Morgan fingerprint density at radius 2 is 1.90 bits per heavy atom. The molecule has 1 rings (SSSR count). The van der Waals surface area contributed by atoms with Gasteiger partial charge in [0, 0.05) is 22.8 Å². The minimum absolute atomic E-state index is 0.00438. The van der Waals surface area contributed by atoms with Crippen molar-refractivity contribution >= 4 is 17.3 Å². The highest BCUT2D eigenvalue weighted by Crippen LogP contribution is 2.28. The second-order valence-corrected chi connectivity index (χ2v) is 5.89. The Morgan fingerprint density at radius 1 is 1.29 bits per heavy atom. The van der Waals surface area contributed by atoms with Crippen LogP contribution >= 0.6 is 11.6 Å². The molecule has 0 saturated carbocycles. The minimum Gasteiger partial charge on any atom is -0.360 e. The quantitative estimate of drug-likeness (QED) is 0.841. The molecule has 1 aromatic carbocycles. The lowest BCUT2D eigenvalue weighted by atomic mass is 10.0. The highest BCUT2D eigenvalue weighted by molar-refractivity contribution is 6.31. The Kier molecular flexibility index (Phi) is 6.35. The summed E-state index contributed by atoms with van der Waals surface area (Å²) in [5, 5.41) is 0.462. The molecule has 0 fully saturated rings. The third-order valence-corrected chi connectivity index (χ3v) is 3.70. The number of rotatable bonds is 6. The van der Waals surface area contributed by atoms with E-state index in [0.717, 1.165) is 12.0 Å². The number of halogens is 4. The molecule has 1 unspecified atom stereocenters. The smallest absolute Gasteiger partial charge is 0.360 e. The van der Waals surface area contributed by atoms with Gasteiger partial charge in [-0.05, 0) is 44.4 Å². The van der Waals surface area contributed by atoms with Crippen LogP contribution in [0.5, 0.6) is 0 Å². The van der Waals surface area contributed by atoms with E-state index in [-0.39, 0.29) is 12.1 Å². The third-order valence-electron chi connectivity index (χ3n) is 3.35. The number of anilines is 1. The molecule has 0 spiro atoms. The van der Waals surface area contributed by atoms with Gasteiger partial charge in [-0.15, -0.1) is 0 Å². The normalized spacial score (nSPS) is 13.6. The Labute approximate surface area is 129 Å². The van der Waals surface area contributed by atoms with Crippen molar-refractivity contribution in [1.29, 1.82) is 0 Å². The van der Waals surface area contributed by atoms with E-state index >= 15 is 0 Å². The fraction of sp³-hybridized carbons (Fsp3) is 0.600. The van der Waals surface area contributed by atoms with E-state index in [2.05, 4.69) is 0 Å². The molecular formula is C15H22ClF3N2. The van der Waals surface area contributed by atoms with Gasteiger partial charge in [0.15, 0.2) is 0 Å². The van der Waals surface area contributed by atoms with Crippen molar-refractivity contribution in [3.05, 3.63) is 28.8 Å². The molecule has 0 aliphatic carbocycles. The molecular weight excluding hydrogens is 301 g/mol. The summed E-state index contributed by atoms with van der Waals surface area (Å²) in [7, 11) is 0. The molecule has 1 aromatic rings. The molecule has 6 heteroatoms. The zero-order valence-corrected chi connectivity index (χ0v) is 13.3. The molecule has 0 aromatic heterocycles. The molecule has 1 atom stereocenters. The van der Waals surface area contributed by atoms with Crippen molar-refractivity contribution in [1.82, 2.24) is 0 Å². The summed E-state index contributed by atoms with van der Waals surface area (Å²) in [4.78, 5) is 1.29. The van der Waals surface area contributed by atoms with Crippen LogP contribution in [0, 0.1) is 0 Å². The number of hydrogen-bond donors (Lipinski definition) is 1. The highest BCUT2D eigenvalue weighted by Gasteiger charge is 2.32. The Hall–Kier alpha value is -0.940. The van der Waals surface area contributed by atoms with Crippen molar-refractivity contribution in [2.45, 2.75) is 51.9 Å². The van der Waals surface area contributed by atoms with Gasteiger partial charge in [0.2, 0.25) is 0 Å². The van der Waals surface area contributed by atoms with E-state index < -0.39 is 12.7 Å². The summed E-state index contributed by atoms with van der Waals surface area (Å²) in [6, 6.07) is 4.76. The molecule has 0 saturated heterocycles. The molecule has 0 radical (unpaired) electrons. The first-order chi connectivity index (χ1) is 9.64. The summed E-state index contributed by atoms with van der Waals surface area (Å²) in [6.07, 6.45) is -2.80. The third kappa shape index (κ3) is 5.75. The van der Waals surface area contributed by atoms with Crippen molar-refractivity contribution in [2.24, 2.45) is 5.73 Å². The van der Waals surface area contributed by atoms with E-state index in [1.54, 1.807) is 32.0 Å². The summed E-state index contributed by atoms with van der Waals surface area (Å²) in [5.74, 6) is 0. The number of benzene rings is 1. The molecule has 2 nitrogen and oxygen atoms in total. The maximum absolute atomic E-state index is 12.7. The van der Waals surface area contributed by atoms with Crippen molar-refractivity contribution in [3.8, 4) is 0 Å². The number of hydrogen-bond acceptors (Lipinski definition) is 2. The number of nitrogens with zero attached hydrogens (tertiary/aromatic N) is 1. The fourth-order valence-corrected chi connectivity index (χ4v) is 2.32. The maximum Gasteiger partial charge on any atom is 0.405 e. The van der Waals surface area contributed by atoms with Crippen LogP contribution in [-0.4, -0.2) is 24.8 Å². The predicted molar refractivity (Wildman–Crippen MR) is 82.0 cm³/mol. The van der Waals surface area contributed by atoms with Gasteiger partial charge in [-0.25, -0.2) is 0 Å². The van der Waals surface area contributed by atoms with Gasteiger partial charge >= 0.3 is 6.18 Å². The van der Waals surface area contributed by atoms with E-state index in [9.17, 15) is 13.2 Å². The average molecular weight is 323 g/mol. The van der Waals surface area contributed by atoms with Crippen LogP contribution in [0.15, 0.2) is 18.2 Å². The SMILES string of the molecule is CCC(N)Cc1ccc(N(CC(F)(F)F)C(C)C)cc1Cl. The standard InChI is InChI=1S/C15H22ClF3N2/c1-4-12(20)7-11-5-6-13(8-14(11)16)21(10(2)3)9-15(17,18)19/h5-6,8,10,12H,4,7,9,20H2,1-3H3. The zero-order chi connectivity index (χ0) is 16.2. The van der Waals surface area contributed by atoms with Crippen molar-refractivity contribution in [2.75, 3.05) is 11.4 Å². The topological polar surface area (TPSA) is 29.3 Å². The fourth-order valence-electron chi connectivity index (χ4n) is 2.07. The zero-order valence-electron chi connectivity index (χ0n) is 12.5. The first-order valence-corrected chi connectivity index (χ1v) is 7.39. The lowest BCUT2D eigenvalue weighted by molar-refractivity contribution is -0.120. The lowest BCUT2D eigenvalue weighted by Crippen LogP contribution is -2.39. The molecule has 0 bridgehead atoms. The molecule has 2 N–H and O–H groups in total. The summed E-state index contributed by atoms with van der Waals surface area (Å²) in [5.41, 5.74) is 7.22. The first kappa shape index (κ1) is 18.1. The Balaban J connectivity index is 2.99. The van der Waals surface area contributed by atoms with Crippen LogP contribution in [0.3, 0.4) is 0 Å². The predicted octanol–water partition coefficient (Wildman–Crippen LogP) is 4.40. The Bertz CT molecular complexity index is 461. The van der Waals surface area contributed by atoms with Crippen LogP contribution in [-0.2, 0) is 6.42 Å². The van der Waals surface area contributed by atoms with Crippen LogP contribution in [0.4, 0.5) is 18.9 Å². The van der Waals surface area contributed by atoms with E-state index in [1.807, 2.05) is 6.92 Å². The number of nitrogens with two attached hydrogens (primary N) is 1. The van der Waals surface area contributed by atoms with Crippen LogP contribution in [0.2, 0.25) is 5.02 Å². The molecule has 0 aliphatic heterocycles. The van der Waals surface area contributed by atoms with Gasteiger partial charge < -0.3 is 10.6 Å². The lowest BCUT2D eigenvalue weighted by Gasteiger charge is -2.30. The van der Waals surface area contributed by atoms with Crippen LogP contribution < -0.4 is 10.6 Å². The summed E-state index contributed by atoms with van der Waals surface area (Å²) < 4.78 is 38.0. The largest absolute Gasteiger partial charge is 0.405 e. The van der Waals surface area contributed by atoms with Gasteiger partial charge in [-0.2, -0.15) is 13.2 Å². The number of alkyl halides is 3. The minimum atomic E-state index is -4.25. The van der Waals surface area contributed by atoms with E-state index in [4.69, 9.17) is 17.3 Å². The van der Waals surface area contributed by atoms with Crippen molar-refractivity contribution < 1.29 is 13.2 Å². The van der Waals surface area contributed by atoms with E-state index in [1.165, 1.54) is 4.90 Å². The second-order valence-electron chi connectivity index (χ2n) is 5.48. The average Bonchev–Trinajstić information content (AvgIpc) is 2.37. The molecule has 0 amide bonds. The van der Waals surface area contributed by atoms with E-state index in [0.29, 0.717) is 17.1 Å². The van der Waals surface area contributed by atoms with Gasteiger partial charge in [-0.1, -0.05) is 24.6 Å². The molecule has 0 aliphatic rings. The molecule has 120 valence electrons. The second kappa shape index (κ2) is 7.36. The van der Waals surface area contributed by atoms with Crippen molar-refractivity contribution in [3.63, 3.8) is 0 Å². The van der Waals surface area contributed by atoms with Gasteiger partial charge in [-0.3, -0.25) is 0 Å². The molecule has 0 heterocycles. The highest BCUT2D eigenvalue weighted by atomic mass is 35.5. The summed E-state index contributed by atoms with van der Waals surface area (Å²) >= 11 is 6.19. The molecule has 21 heavy (non-hydrogen) atoms. The van der Waals surface area contributed by atoms with Crippen LogP contribution in [0.1, 0.15) is 32.8 Å². The van der Waals surface area contributed by atoms with Gasteiger partial charge in [0.1, 0.15) is 6.54 Å².